The molecule has 2 aromatic carbocycles. The Morgan fingerprint density at radius 1 is 1.02 bits per heavy atom. The summed E-state index contributed by atoms with van der Waals surface area (Å²) in [6.45, 7) is 17.6. The molecule has 2 heterocycles. The van der Waals surface area contributed by atoms with Crippen molar-refractivity contribution in [1.82, 2.24) is 4.98 Å². The number of fused-ring (bicyclic) bond motifs is 1. The zero-order chi connectivity index (χ0) is 30.0. The van der Waals surface area contributed by atoms with E-state index in [9.17, 15) is 0 Å². The minimum atomic E-state index is 0.0975. The van der Waals surface area contributed by atoms with Gasteiger partial charge in [0.15, 0.2) is 0 Å². The Labute approximate surface area is 248 Å². The van der Waals surface area contributed by atoms with Gasteiger partial charge in [0.2, 0.25) is 0 Å². The molecule has 2 unspecified atom stereocenters. The number of nitrogens with zero attached hydrogens (tertiary/aromatic N) is 1. The molecule has 1 aliphatic rings. The maximum absolute atomic E-state index is 8.41. The lowest BCUT2D eigenvalue weighted by Gasteiger charge is -2.23. The average molecular weight is 544 g/mol. The van der Waals surface area contributed by atoms with E-state index in [2.05, 4.69) is 84.2 Å². The fraction of sp³-hybridized carbons (Fsp3) is 0.211. The number of hydrogen-bond acceptors (Lipinski definition) is 3. The molecule has 0 bridgehead atoms. The highest BCUT2D eigenvalue weighted by Crippen LogP contribution is 2.32. The average Bonchev–Trinajstić information content (AvgIpc) is 3.05. The molecule has 0 spiro atoms. The first-order chi connectivity index (χ1) is 20.1. The number of aromatic nitrogens is 1. The molecule has 2 N–H and O–H groups in total. The van der Waals surface area contributed by atoms with Crippen molar-refractivity contribution in [2.45, 2.75) is 47.1 Å². The molecule has 1 aromatic heterocycles. The zero-order valence-corrected chi connectivity index (χ0v) is 25.3. The van der Waals surface area contributed by atoms with Gasteiger partial charge in [-0.05, 0) is 65.8 Å². The number of hydrogen-bond donors (Lipinski definition) is 2. The maximum Gasteiger partial charge on any atom is 0.0701 e. The van der Waals surface area contributed by atoms with Crippen LogP contribution in [0, 0.1) is 11.3 Å². The van der Waals surface area contributed by atoms with E-state index in [1.807, 2.05) is 95.5 Å². The topological polar surface area (TPSA) is 48.8 Å². The third kappa shape index (κ3) is 9.88. The van der Waals surface area contributed by atoms with Gasteiger partial charge in [-0.15, -0.1) is 13.2 Å². The summed E-state index contributed by atoms with van der Waals surface area (Å²) in [5, 5.41) is 12.1. The number of rotatable bonds is 10. The van der Waals surface area contributed by atoms with Crippen LogP contribution in [-0.4, -0.2) is 10.7 Å². The van der Waals surface area contributed by atoms with Crippen LogP contribution in [0.5, 0.6) is 0 Å². The monoisotopic (exact) mass is 543 g/mol. The lowest BCUT2D eigenvalue weighted by atomic mass is 9.97. The van der Waals surface area contributed by atoms with Crippen LogP contribution in [-0.2, 0) is 0 Å². The van der Waals surface area contributed by atoms with Gasteiger partial charge in [0, 0.05) is 17.4 Å². The second kappa shape index (κ2) is 18.0. The minimum Gasteiger partial charge on any atom is -0.374 e. The predicted molar refractivity (Wildman–Crippen MR) is 182 cm³/mol. The maximum atomic E-state index is 8.41. The van der Waals surface area contributed by atoms with E-state index in [1.165, 1.54) is 5.56 Å². The SMILES string of the molecule is C=CCC(C=C)/C=C\C=C(/C)C(=N)/C=C\c1ccc2c(c1)NC(c1ccc(-c3ccccn3)cc1)C=C2.CC.CC. The molecule has 2 atom stereocenters. The summed E-state index contributed by atoms with van der Waals surface area (Å²) in [5.74, 6) is 0.269. The van der Waals surface area contributed by atoms with Crippen molar-refractivity contribution < 1.29 is 0 Å². The Morgan fingerprint density at radius 2 is 1.78 bits per heavy atom. The summed E-state index contributed by atoms with van der Waals surface area (Å²) in [5.41, 5.74) is 7.97. The van der Waals surface area contributed by atoms with E-state index in [0.29, 0.717) is 5.71 Å². The summed E-state index contributed by atoms with van der Waals surface area (Å²) in [7, 11) is 0. The highest BCUT2D eigenvalue weighted by Gasteiger charge is 2.15. The Kier molecular flexibility index (Phi) is 14.3. The van der Waals surface area contributed by atoms with Crippen molar-refractivity contribution >= 4 is 23.6 Å². The zero-order valence-electron chi connectivity index (χ0n) is 25.3. The van der Waals surface area contributed by atoms with E-state index in [0.717, 1.165) is 40.1 Å². The molecule has 0 amide bonds. The highest BCUT2D eigenvalue weighted by atomic mass is 14.9. The molecular weight excluding hydrogens is 498 g/mol. The third-order valence-corrected chi connectivity index (χ3v) is 6.40. The van der Waals surface area contributed by atoms with Crippen molar-refractivity contribution in [3.63, 3.8) is 0 Å². The van der Waals surface area contributed by atoms with Crippen LogP contribution in [0.3, 0.4) is 0 Å². The second-order valence-electron chi connectivity index (χ2n) is 9.07. The Hall–Kier alpha value is -4.50. The van der Waals surface area contributed by atoms with Crippen molar-refractivity contribution in [3.8, 4) is 11.3 Å². The summed E-state index contributed by atoms with van der Waals surface area (Å²) >= 11 is 0. The molecule has 3 nitrogen and oxygen atoms in total. The third-order valence-electron chi connectivity index (χ3n) is 6.40. The van der Waals surface area contributed by atoms with Crippen LogP contribution in [0.25, 0.3) is 23.4 Å². The molecule has 0 aliphatic carbocycles. The lowest BCUT2D eigenvalue weighted by Crippen LogP contribution is -2.12. The number of pyridine rings is 1. The van der Waals surface area contributed by atoms with Gasteiger partial charge in [-0.2, -0.15) is 0 Å². The van der Waals surface area contributed by atoms with Crippen LogP contribution in [0.4, 0.5) is 5.69 Å². The van der Waals surface area contributed by atoms with Crippen molar-refractivity contribution in [1.29, 1.82) is 5.41 Å². The Bertz CT molecular complexity index is 1370. The van der Waals surface area contributed by atoms with Gasteiger partial charge in [-0.1, -0.05) is 119 Å². The van der Waals surface area contributed by atoms with E-state index in [1.54, 1.807) is 0 Å². The van der Waals surface area contributed by atoms with E-state index in [4.69, 9.17) is 5.41 Å². The van der Waals surface area contributed by atoms with Gasteiger partial charge in [-0.25, -0.2) is 0 Å². The second-order valence-corrected chi connectivity index (χ2v) is 9.07. The van der Waals surface area contributed by atoms with Gasteiger partial charge in [0.1, 0.15) is 0 Å². The predicted octanol–water partition coefficient (Wildman–Crippen LogP) is 10.9. The molecular formula is C38H45N3. The molecule has 4 rings (SSSR count). The molecule has 41 heavy (non-hydrogen) atoms. The number of nitrogens with one attached hydrogen (secondary N) is 2. The molecule has 0 saturated carbocycles. The van der Waals surface area contributed by atoms with E-state index in [-0.39, 0.29) is 12.0 Å². The Balaban J connectivity index is 0.00000141. The normalized spacial score (nSPS) is 14.6. The first-order valence-electron chi connectivity index (χ1n) is 14.5. The molecule has 0 saturated heterocycles. The summed E-state index contributed by atoms with van der Waals surface area (Å²) in [6, 6.07) is 20.9. The molecule has 1 aliphatic heterocycles. The van der Waals surface area contributed by atoms with E-state index >= 15 is 0 Å². The van der Waals surface area contributed by atoms with Gasteiger partial charge >= 0.3 is 0 Å². The van der Waals surface area contributed by atoms with Gasteiger partial charge in [0.05, 0.1) is 17.4 Å². The van der Waals surface area contributed by atoms with Crippen LogP contribution < -0.4 is 5.32 Å². The molecule has 0 fully saturated rings. The molecule has 3 aromatic rings. The summed E-state index contributed by atoms with van der Waals surface area (Å²) < 4.78 is 0. The standard InChI is InChI=1S/C34H33N3.2C2H6/c1-4-9-26(5-2)11-8-10-25(3)31(35)21-14-27-13-15-30-20-22-33(37-34(30)24-27)29-18-16-28(17-19-29)32-12-6-7-23-36-32;2*1-2/h4-8,10-24,26,33,35,37H,1-2,9H2,3H3;2*1-2H3/b11-8-,21-14-,25-10+,35-31?;;. The minimum absolute atomic E-state index is 0.0975. The van der Waals surface area contributed by atoms with Crippen LogP contribution >= 0.6 is 0 Å². The smallest absolute Gasteiger partial charge is 0.0701 e. The quantitative estimate of drug-likeness (QED) is 0.152. The van der Waals surface area contributed by atoms with Crippen molar-refractivity contribution in [2.24, 2.45) is 5.92 Å². The molecule has 212 valence electrons. The van der Waals surface area contributed by atoms with Gasteiger partial charge in [-0.3, -0.25) is 4.98 Å². The lowest BCUT2D eigenvalue weighted by molar-refractivity contribution is 0.836. The van der Waals surface area contributed by atoms with E-state index < -0.39 is 0 Å². The van der Waals surface area contributed by atoms with Gasteiger partial charge in [0.25, 0.3) is 0 Å². The highest BCUT2D eigenvalue weighted by molar-refractivity contribution is 6.08. The fourth-order valence-electron chi connectivity index (χ4n) is 4.14. The molecule has 3 heteroatoms. The Morgan fingerprint density at radius 3 is 2.44 bits per heavy atom. The number of benzene rings is 2. The molecule has 0 radical (unpaired) electrons. The van der Waals surface area contributed by atoms with Crippen LogP contribution in [0.1, 0.15) is 63.8 Å². The van der Waals surface area contributed by atoms with Gasteiger partial charge < -0.3 is 10.7 Å². The summed E-state index contributed by atoms with van der Waals surface area (Å²) in [4.78, 5) is 4.44. The fourth-order valence-corrected chi connectivity index (χ4v) is 4.14. The number of allylic oxidation sites excluding steroid dienone is 7. The first-order valence-corrected chi connectivity index (χ1v) is 14.5. The largest absolute Gasteiger partial charge is 0.374 e. The summed E-state index contributed by atoms with van der Waals surface area (Å²) in [6.07, 6.45) is 20.7. The van der Waals surface area contributed by atoms with Crippen molar-refractivity contribution in [3.05, 3.63) is 145 Å². The number of anilines is 1. The van der Waals surface area contributed by atoms with Crippen LogP contribution in [0.15, 0.2) is 128 Å². The first kappa shape index (κ1) is 32.7. The van der Waals surface area contributed by atoms with Crippen molar-refractivity contribution in [2.75, 3.05) is 5.32 Å². The van der Waals surface area contributed by atoms with Crippen LogP contribution in [0.2, 0.25) is 0 Å².